The van der Waals surface area contributed by atoms with E-state index in [9.17, 15) is 24.6 Å². The number of nitrogens with zero attached hydrogens (tertiary/aromatic N) is 1. The summed E-state index contributed by atoms with van der Waals surface area (Å²) in [7, 11) is 2.75. The molecule has 54 heavy (non-hydrogen) atoms. The molecular formula is C41H49FN4O7S. The number of fused-ring (bicyclic) bond motifs is 1. The molecule has 2 aromatic heterocycles. The van der Waals surface area contributed by atoms with Crippen LogP contribution in [0.25, 0.3) is 11.1 Å². The van der Waals surface area contributed by atoms with Gasteiger partial charge in [-0.2, -0.15) is 0 Å². The second-order valence-corrected chi connectivity index (χ2v) is 15.7. The maximum Gasteiger partial charge on any atom is 0.407 e. The number of carbonyl (C=O) groups excluding carboxylic acids is 3. The number of halogens is 1. The summed E-state index contributed by atoms with van der Waals surface area (Å²) < 4.78 is 25.0. The summed E-state index contributed by atoms with van der Waals surface area (Å²) in [6.07, 6.45) is -0.0213. The fraction of sp³-hybridized carbons (Fsp3) is 0.415. The van der Waals surface area contributed by atoms with Crippen molar-refractivity contribution >= 4 is 29.2 Å². The van der Waals surface area contributed by atoms with Crippen molar-refractivity contribution in [2.75, 3.05) is 14.2 Å². The molecule has 0 saturated heterocycles. The van der Waals surface area contributed by atoms with Crippen LogP contribution >= 0.6 is 11.3 Å². The largest absolute Gasteiger partial charge is 0.481 e. The standard InChI is InChI=1S/C41H49FN4O7S/c1-41(2,3)37(46-40(51)53-5)39(50)44-31(20-24-10-12-25(13-11-24)27-14-17-35(52-4)43-23-27)33(48)22-28(21-26-8-6-7-9-30(26)42)38(49)45-36-29-18-19-54-34(29)16-15-32(36)47/h6-14,17-19,23,28,31-33,36-37,47-48H,15-16,20-22H2,1-5H3,(H,44,50)(H,45,49)(H,46,51). The molecule has 4 aromatic rings. The van der Waals surface area contributed by atoms with Crippen LogP contribution in [0.15, 0.2) is 78.3 Å². The number of nitrogens with one attached hydrogen (secondary N) is 3. The Hall–Kier alpha value is -4.85. The second-order valence-electron chi connectivity index (χ2n) is 14.7. The molecule has 2 heterocycles. The van der Waals surface area contributed by atoms with E-state index in [1.807, 2.05) is 41.8 Å². The number of aliphatic hydroxyl groups is 2. The number of hydrogen-bond donors (Lipinski definition) is 5. The molecule has 0 fully saturated rings. The van der Waals surface area contributed by atoms with E-state index >= 15 is 4.39 Å². The van der Waals surface area contributed by atoms with Crippen LogP contribution < -0.4 is 20.7 Å². The van der Waals surface area contributed by atoms with Gasteiger partial charge in [0.15, 0.2) is 0 Å². The molecule has 0 saturated carbocycles. The Morgan fingerprint density at radius 1 is 0.963 bits per heavy atom. The van der Waals surface area contributed by atoms with Gasteiger partial charge >= 0.3 is 6.09 Å². The number of carbonyl (C=O) groups is 3. The minimum Gasteiger partial charge on any atom is -0.481 e. The summed E-state index contributed by atoms with van der Waals surface area (Å²) in [6.45, 7) is 5.37. The lowest BCUT2D eigenvalue weighted by Gasteiger charge is -2.34. The van der Waals surface area contributed by atoms with Crippen molar-refractivity contribution in [1.29, 1.82) is 0 Å². The van der Waals surface area contributed by atoms with Gasteiger partial charge in [0, 0.05) is 28.6 Å². The van der Waals surface area contributed by atoms with Gasteiger partial charge in [0.1, 0.15) is 11.9 Å². The quantitative estimate of drug-likeness (QED) is 0.112. The van der Waals surface area contributed by atoms with Crippen LogP contribution in [-0.4, -0.2) is 71.6 Å². The third kappa shape index (κ3) is 10.2. The van der Waals surface area contributed by atoms with E-state index in [1.54, 1.807) is 69.7 Å². The number of amides is 3. The monoisotopic (exact) mass is 760 g/mol. The zero-order chi connectivity index (χ0) is 39.0. The third-order valence-corrected chi connectivity index (χ3v) is 10.8. The fourth-order valence-corrected chi connectivity index (χ4v) is 7.70. The number of thiophene rings is 1. The highest BCUT2D eigenvalue weighted by Crippen LogP contribution is 2.34. The highest BCUT2D eigenvalue weighted by molar-refractivity contribution is 7.10. The third-order valence-electron chi connectivity index (χ3n) is 9.84. The Labute approximate surface area is 319 Å². The predicted molar refractivity (Wildman–Crippen MR) is 204 cm³/mol. The molecule has 6 unspecified atom stereocenters. The van der Waals surface area contributed by atoms with Gasteiger partial charge in [-0.1, -0.05) is 63.2 Å². The molecule has 5 rings (SSSR count). The van der Waals surface area contributed by atoms with Crippen molar-refractivity contribution in [2.45, 2.75) is 83.2 Å². The molecule has 13 heteroatoms. The van der Waals surface area contributed by atoms with Gasteiger partial charge in [0.25, 0.3) is 0 Å². The average Bonchev–Trinajstić information content (AvgIpc) is 3.64. The van der Waals surface area contributed by atoms with E-state index in [0.29, 0.717) is 24.3 Å². The number of ether oxygens (including phenoxy) is 2. The summed E-state index contributed by atoms with van der Waals surface area (Å²) in [4.78, 5) is 45.7. The van der Waals surface area contributed by atoms with Crippen LogP contribution in [0.2, 0.25) is 0 Å². The van der Waals surface area contributed by atoms with Gasteiger partial charge in [-0.3, -0.25) is 9.59 Å². The molecule has 0 spiro atoms. The van der Waals surface area contributed by atoms with Crippen LogP contribution in [0.1, 0.15) is 61.2 Å². The first-order valence-electron chi connectivity index (χ1n) is 18.0. The molecule has 11 nitrogen and oxygen atoms in total. The van der Waals surface area contributed by atoms with E-state index in [0.717, 1.165) is 27.1 Å². The van der Waals surface area contributed by atoms with Gasteiger partial charge < -0.3 is 35.6 Å². The lowest BCUT2D eigenvalue weighted by atomic mass is 9.84. The van der Waals surface area contributed by atoms with E-state index < -0.39 is 65.4 Å². The number of rotatable bonds is 14. The topological polar surface area (TPSA) is 159 Å². The number of alkyl carbamates (subject to hydrolysis) is 1. The zero-order valence-corrected chi connectivity index (χ0v) is 32.0. The Morgan fingerprint density at radius 2 is 1.69 bits per heavy atom. The number of benzene rings is 2. The second kappa shape index (κ2) is 18.0. The number of aryl methyl sites for hydroxylation is 1. The van der Waals surface area contributed by atoms with E-state index in [1.165, 1.54) is 13.2 Å². The van der Waals surface area contributed by atoms with Gasteiger partial charge in [-0.15, -0.1) is 11.3 Å². The minimum atomic E-state index is -1.30. The van der Waals surface area contributed by atoms with Crippen LogP contribution in [0.4, 0.5) is 9.18 Å². The first-order chi connectivity index (χ1) is 25.8. The van der Waals surface area contributed by atoms with E-state index in [4.69, 9.17) is 9.47 Å². The molecule has 0 bridgehead atoms. The zero-order valence-electron chi connectivity index (χ0n) is 31.2. The summed E-state index contributed by atoms with van der Waals surface area (Å²) in [5.74, 6) is -1.94. The maximum absolute atomic E-state index is 15.0. The van der Waals surface area contributed by atoms with Crippen molar-refractivity contribution in [3.63, 3.8) is 0 Å². The lowest BCUT2D eigenvalue weighted by molar-refractivity contribution is -0.128. The SMILES string of the molecule is COC(=O)NC(C(=O)NC(Cc1ccc(-c2ccc(OC)nc2)cc1)C(O)CC(Cc1ccccc1F)C(=O)NC1c2ccsc2CCC1O)C(C)(C)C. The Kier molecular flexibility index (Phi) is 13.4. The molecule has 6 atom stereocenters. The highest BCUT2D eigenvalue weighted by Gasteiger charge is 2.37. The molecule has 5 N–H and O–H groups in total. The van der Waals surface area contributed by atoms with Gasteiger partial charge in [0.2, 0.25) is 17.7 Å². The van der Waals surface area contributed by atoms with Crippen molar-refractivity contribution in [1.82, 2.24) is 20.9 Å². The van der Waals surface area contributed by atoms with Gasteiger partial charge in [0.05, 0.1) is 38.5 Å². The molecule has 1 aliphatic carbocycles. The molecule has 0 radical (unpaired) electrons. The van der Waals surface area contributed by atoms with Crippen LogP contribution in [-0.2, 0) is 33.6 Å². The number of hydrogen-bond acceptors (Lipinski definition) is 9. The Morgan fingerprint density at radius 3 is 2.33 bits per heavy atom. The molecule has 2 aromatic carbocycles. The first-order valence-corrected chi connectivity index (χ1v) is 18.9. The maximum atomic E-state index is 15.0. The fourth-order valence-electron chi connectivity index (χ4n) is 6.76. The summed E-state index contributed by atoms with van der Waals surface area (Å²) in [6, 6.07) is 16.7. The van der Waals surface area contributed by atoms with Crippen LogP contribution in [0.3, 0.4) is 0 Å². The summed E-state index contributed by atoms with van der Waals surface area (Å²) >= 11 is 1.57. The van der Waals surface area contributed by atoms with Crippen LogP contribution in [0.5, 0.6) is 5.88 Å². The predicted octanol–water partition coefficient (Wildman–Crippen LogP) is 5.53. The minimum absolute atomic E-state index is 0.0331. The van der Waals surface area contributed by atoms with Crippen molar-refractivity contribution < 1.29 is 38.5 Å². The molecule has 3 amide bonds. The lowest BCUT2D eigenvalue weighted by Crippen LogP contribution is -2.57. The molecule has 0 aliphatic heterocycles. The first kappa shape index (κ1) is 40.3. The Balaban J connectivity index is 1.44. The van der Waals surface area contributed by atoms with E-state index in [-0.39, 0.29) is 19.3 Å². The number of methoxy groups -OCH3 is 2. The molecule has 1 aliphatic rings. The smallest absolute Gasteiger partial charge is 0.407 e. The highest BCUT2D eigenvalue weighted by atomic mass is 32.1. The van der Waals surface area contributed by atoms with E-state index in [2.05, 4.69) is 20.9 Å². The number of pyridine rings is 1. The van der Waals surface area contributed by atoms with Gasteiger partial charge in [-0.25, -0.2) is 14.2 Å². The summed E-state index contributed by atoms with van der Waals surface area (Å²) in [5.41, 5.74) is 2.95. The van der Waals surface area contributed by atoms with Gasteiger partial charge in [-0.05, 0) is 83.4 Å². The number of aromatic nitrogens is 1. The normalized spacial score (nSPS) is 17.6. The Bertz CT molecular complexity index is 1880. The number of aliphatic hydroxyl groups excluding tert-OH is 2. The molecule has 288 valence electrons. The van der Waals surface area contributed by atoms with Crippen molar-refractivity contribution in [2.24, 2.45) is 11.3 Å². The van der Waals surface area contributed by atoms with Crippen molar-refractivity contribution in [3.8, 4) is 17.0 Å². The van der Waals surface area contributed by atoms with Crippen molar-refractivity contribution in [3.05, 3.63) is 106 Å². The molecular weight excluding hydrogens is 712 g/mol. The van der Waals surface area contributed by atoms with Crippen LogP contribution in [0, 0.1) is 17.2 Å². The summed E-state index contributed by atoms with van der Waals surface area (Å²) in [5, 5.41) is 33.4. The average molecular weight is 761 g/mol.